The second-order valence-corrected chi connectivity index (χ2v) is 7.84. The molecule has 0 bridgehead atoms. The van der Waals surface area contributed by atoms with Crippen molar-refractivity contribution >= 4 is 35.6 Å². The molecule has 6 atom stereocenters. The normalized spacial score (nSPS) is 15.9. The third-order valence-electron chi connectivity index (χ3n) is 4.69. The van der Waals surface area contributed by atoms with Crippen molar-refractivity contribution in [3.8, 4) is 0 Å². The molecule has 0 aromatic carbocycles. The maximum atomic E-state index is 12.7. The van der Waals surface area contributed by atoms with Crippen LogP contribution in [0.2, 0.25) is 0 Å². The van der Waals surface area contributed by atoms with Gasteiger partial charge in [-0.25, -0.2) is 4.79 Å². The minimum atomic E-state index is -1.64. The molecule has 0 heterocycles. The summed E-state index contributed by atoms with van der Waals surface area (Å²) in [4.78, 5) is 63.2. The van der Waals surface area contributed by atoms with Crippen LogP contribution in [0.25, 0.3) is 0 Å². The molecule has 0 rings (SSSR count). The molecule has 16 nitrogen and oxygen atoms in total. The molecule has 0 aliphatic carbocycles. The first-order chi connectivity index (χ1) is 16.2. The highest BCUT2D eigenvalue weighted by Gasteiger charge is 2.34. The van der Waals surface area contributed by atoms with Gasteiger partial charge in [0.2, 0.25) is 17.7 Å². The quantitative estimate of drug-likeness (QED) is 0.0539. The summed E-state index contributed by atoms with van der Waals surface area (Å²) < 4.78 is 0. The van der Waals surface area contributed by atoms with E-state index in [0.717, 1.165) is 6.92 Å². The number of guanidine groups is 1. The van der Waals surface area contributed by atoms with Crippen LogP contribution < -0.4 is 33.2 Å². The molecule has 0 aromatic rings. The molecule has 0 aliphatic heterocycles. The van der Waals surface area contributed by atoms with E-state index in [1.165, 1.54) is 6.92 Å². The fourth-order valence-corrected chi connectivity index (χ4v) is 2.75. The van der Waals surface area contributed by atoms with Gasteiger partial charge in [0.15, 0.2) is 5.96 Å². The summed E-state index contributed by atoms with van der Waals surface area (Å²) >= 11 is 0. The van der Waals surface area contributed by atoms with Crippen molar-refractivity contribution in [2.24, 2.45) is 22.2 Å². The standard InChI is InChI=1S/C19H35N7O9/c1-8(27)13(16(32)24-11(18(34)35)4-3-7-23-19(21)22)26-17(33)14(9(2)28)25-15(31)10(20)5-6-12(29)30/h8-11,13-14,27-28H,3-7,20H2,1-2H3,(H,24,32)(H,25,31)(H,26,33)(H,29,30)(H,34,35)(H4,21,22,23). The molecule has 3 amide bonds. The van der Waals surface area contributed by atoms with Crippen molar-refractivity contribution in [1.82, 2.24) is 16.0 Å². The number of aliphatic imine (C=N–C) groups is 1. The number of amides is 3. The van der Waals surface area contributed by atoms with Gasteiger partial charge >= 0.3 is 11.9 Å². The summed E-state index contributed by atoms with van der Waals surface area (Å²) in [7, 11) is 0. The van der Waals surface area contributed by atoms with Gasteiger partial charge in [0.25, 0.3) is 0 Å². The van der Waals surface area contributed by atoms with E-state index in [9.17, 15) is 39.3 Å². The summed E-state index contributed by atoms with van der Waals surface area (Å²) in [5.41, 5.74) is 16.0. The zero-order chi connectivity index (χ0) is 27.3. The van der Waals surface area contributed by atoms with Crippen LogP contribution in [0, 0.1) is 0 Å². The van der Waals surface area contributed by atoms with Crippen LogP contribution in [-0.4, -0.2) is 99.0 Å². The van der Waals surface area contributed by atoms with Gasteiger partial charge in [-0.05, 0) is 33.1 Å². The van der Waals surface area contributed by atoms with Crippen molar-refractivity contribution < 1.29 is 44.4 Å². The number of carbonyl (C=O) groups is 5. The molecule has 16 heteroatoms. The van der Waals surface area contributed by atoms with Gasteiger partial charge in [0.1, 0.15) is 18.1 Å². The number of hydrogen-bond donors (Lipinski definition) is 10. The molecule has 0 saturated carbocycles. The highest BCUT2D eigenvalue weighted by molar-refractivity contribution is 5.94. The summed E-state index contributed by atoms with van der Waals surface area (Å²) in [5.74, 6) is -5.75. The van der Waals surface area contributed by atoms with E-state index in [1.807, 2.05) is 0 Å². The van der Waals surface area contributed by atoms with Crippen LogP contribution in [0.15, 0.2) is 4.99 Å². The first kappa shape index (κ1) is 31.5. The fraction of sp³-hybridized carbons (Fsp3) is 0.684. The summed E-state index contributed by atoms with van der Waals surface area (Å²) in [6.45, 7) is 2.45. The second-order valence-electron chi connectivity index (χ2n) is 7.84. The van der Waals surface area contributed by atoms with Gasteiger partial charge in [-0.15, -0.1) is 0 Å². The number of aliphatic hydroxyl groups excluding tert-OH is 2. The molecular weight excluding hydrogens is 470 g/mol. The predicted octanol–water partition coefficient (Wildman–Crippen LogP) is -4.47. The van der Waals surface area contributed by atoms with Crippen LogP contribution in [-0.2, 0) is 24.0 Å². The van der Waals surface area contributed by atoms with Crippen LogP contribution in [0.4, 0.5) is 0 Å². The van der Waals surface area contributed by atoms with E-state index in [0.29, 0.717) is 0 Å². The van der Waals surface area contributed by atoms with Crippen molar-refractivity contribution in [2.45, 2.75) is 75.9 Å². The number of aliphatic carboxylic acids is 2. The fourth-order valence-electron chi connectivity index (χ4n) is 2.75. The number of nitrogens with two attached hydrogens (primary N) is 3. The number of carbonyl (C=O) groups excluding carboxylic acids is 3. The Morgan fingerprint density at radius 3 is 1.74 bits per heavy atom. The van der Waals surface area contributed by atoms with Crippen LogP contribution in [0.5, 0.6) is 0 Å². The van der Waals surface area contributed by atoms with Crippen molar-refractivity contribution in [2.75, 3.05) is 6.54 Å². The van der Waals surface area contributed by atoms with Crippen molar-refractivity contribution in [3.63, 3.8) is 0 Å². The number of nitrogens with one attached hydrogen (secondary N) is 3. The smallest absolute Gasteiger partial charge is 0.326 e. The van der Waals surface area contributed by atoms with E-state index < -0.39 is 72.5 Å². The Morgan fingerprint density at radius 2 is 1.31 bits per heavy atom. The van der Waals surface area contributed by atoms with Crippen molar-refractivity contribution in [3.05, 3.63) is 0 Å². The zero-order valence-electron chi connectivity index (χ0n) is 19.5. The van der Waals surface area contributed by atoms with Gasteiger partial charge in [-0.1, -0.05) is 0 Å². The van der Waals surface area contributed by atoms with Gasteiger partial charge < -0.3 is 53.6 Å². The molecule has 200 valence electrons. The molecular formula is C19H35N7O9. The second kappa shape index (κ2) is 15.4. The lowest BCUT2D eigenvalue weighted by molar-refractivity contribution is -0.143. The Kier molecular flexibility index (Phi) is 13.9. The molecule has 0 aliphatic rings. The zero-order valence-corrected chi connectivity index (χ0v) is 19.5. The van der Waals surface area contributed by atoms with Crippen LogP contribution in [0.3, 0.4) is 0 Å². The Hall–Kier alpha value is -3.50. The SMILES string of the molecule is CC(O)C(NC(=O)C(N)CCC(=O)O)C(=O)NC(C(=O)NC(CCCN=C(N)N)C(=O)O)C(C)O. The van der Waals surface area contributed by atoms with Gasteiger partial charge in [0, 0.05) is 13.0 Å². The maximum Gasteiger partial charge on any atom is 0.326 e. The number of hydrogen-bond acceptors (Lipinski definition) is 9. The van der Waals surface area contributed by atoms with Crippen LogP contribution in [0.1, 0.15) is 39.5 Å². The molecule has 6 unspecified atom stereocenters. The Labute approximate surface area is 201 Å². The lowest BCUT2D eigenvalue weighted by atomic mass is 10.1. The minimum absolute atomic E-state index is 0.0566. The van der Waals surface area contributed by atoms with Crippen LogP contribution >= 0.6 is 0 Å². The van der Waals surface area contributed by atoms with Gasteiger partial charge in [-0.3, -0.25) is 24.2 Å². The number of nitrogens with zero attached hydrogens (tertiary/aromatic N) is 1. The lowest BCUT2D eigenvalue weighted by Crippen LogP contribution is -2.61. The van der Waals surface area contributed by atoms with E-state index in [4.69, 9.17) is 22.3 Å². The third kappa shape index (κ3) is 12.5. The third-order valence-corrected chi connectivity index (χ3v) is 4.69. The topological polar surface area (TPSA) is 293 Å². The Bertz CT molecular complexity index is 785. The number of aliphatic hydroxyl groups is 2. The van der Waals surface area contributed by atoms with E-state index >= 15 is 0 Å². The first-order valence-corrected chi connectivity index (χ1v) is 10.7. The molecule has 0 fully saturated rings. The summed E-state index contributed by atoms with van der Waals surface area (Å²) in [6.07, 6.45) is -3.43. The number of carboxylic acids is 2. The molecule has 0 saturated heterocycles. The molecule has 0 aromatic heterocycles. The van der Waals surface area contributed by atoms with E-state index in [-0.39, 0.29) is 31.8 Å². The average Bonchev–Trinajstić information content (AvgIpc) is 2.74. The lowest BCUT2D eigenvalue weighted by Gasteiger charge is -2.27. The number of rotatable bonds is 16. The molecule has 13 N–H and O–H groups in total. The number of carboxylic acid groups (broad SMARTS) is 2. The molecule has 35 heavy (non-hydrogen) atoms. The van der Waals surface area contributed by atoms with E-state index in [1.54, 1.807) is 0 Å². The summed E-state index contributed by atoms with van der Waals surface area (Å²) in [6, 6.07) is -5.91. The molecule has 0 spiro atoms. The Balaban J connectivity index is 5.28. The van der Waals surface area contributed by atoms with Gasteiger partial charge in [-0.2, -0.15) is 0 Å². The minimum Gasteiger partial charge on any atom is -0.481 e. The van der Waals surface area contributed by atoms with E-state index in [2.05, 4.69) is 20.9 Å². The van der Waals surface area contributed by atoms with Gasteiger partial charge in [0.05, 0.1) is 18.2 Å². The average molecular weight is 506 g/mol. The highest BCUT2D eigenvalue weighted by atomic mass is 16.4. The van der Waals surface area contributed by atoms with Crippen molar-refractivity contribution in [1.29, 1.82) is 0 Å². The monoisotopic (exact) mass is 505 g/mol. The first-order valence-electron chi connectivity index (χ1n) is 10.7. The molecule has 0 radical (unpaired) electrons. The Morgan fingerprint density at radius 1 is 0.829 bits per heavy atom. The predicted molar refractivity (Wildman–Crippen MR) is 122 cm³/mol. The summed E-state index contributed by atoms with van der Waals surface area (Å²) in [5, 5.41) is 44.4. The largest absolute Gasteiger partial charge is 0.481 e. The maximum absolute atomic E-state index is 12.7. The highest BCUT2D eigenvalue weighted by Crippen LogP contribution is 2.04.